The van der Waals surface area contributed by atoms with Crippen LogP contribution < -0.4 is 5.32 Å². The largest absolute Gasteiger partial charge is 0.394 e. The Morgan fingerprint density at radius 2 is 0.570 bits per heavy atom. The van der Waals surface area contributed by atoms with Crippen molar-refractivity contribution in [2.75, 3.05) is 6.61 Å². The van der Waals surface area contributed by atoms with E-state index in [1.165, 1.54) is 244 Å². The molecule has 0 spiro atoms. The van der Waals surface area contributed by atoms with E-state index < -0.39 is 12.1 Å². The number of unbranched alkanes of at least 4 members (excludes halogenated alkanes) is 40. The predicted octanol–water partition coefficient (Wildman–Crippen LogP) is 23.8. The highest BCUT2D eigenvalue weighted by Gasteiger charge is 2.18. The molecule has 2 atom stereocenters. The number of rotatable bonds is 63. The summed E-state index contributed by atoms with van der Waals surface area (Å²) in [5.74, 6) is -0.0711. The second kappa shape index (κ2) is 69.3. The fourth-order valence-corrected chi connectivity index (χ4v) is 10.3. The number of hydrogen-bond acceptors (Lipinski definition) is 3. The van der Waals surface area contributed by atoms with E-state index >= 15 is 0 Å². The van der Waals surface area contributed by atoms with Crippen molar-refractivity contribution in [3.63, 3.8) is 0 Å². The van der Waals surface area contributed by atoms with Crippen molar-refractivity contribution in [3.8, 4) is 0 Å². The zero-order chi connectivity index (χ0) is 56.9. The number of carbonyl (C=O) groups is 1. The van der Waals surface area contributed by atoms with E-state index in [0.29, 0.717) is 6.42 Å². The first-order valence-corrected chi connectivity index (χ1v) is 34.6. The maximum absolute atomic E-state index is 12.5. The third-order valence-corrected chi connectivity index (χ3v) is 15.5. The minimum atomic E-state index is -0.867. The molecule has 0 aliphatic carbocycles. The number of aliphatic hydroxyl groups excluding tert-OH is 2. The maximum Gasteiger partial charge on any atom is 0.220 e. The Balaban J connectivity index is 3.50. The van der Waals surface area contributed by atoms with Crippen molar-refractivity contribution in [1.29, 1.82) is 0 Å². The van der Waals surface area contributed by atoms with Crippen LogP contribution in [-0.2, 0) is 4.79 Å². The number of carbonyl (C=O) groups excluding carboxylic acids is 1. The molecule has 0 aliphatic rings. The van der Waals surface area contributed by atoms with Crippen molar-refractivity contribution in [2.24, 2.45) is 0 Å². The topological polar surface area (TPSA) is 69.6 Å². The Morgan fingerprint density at radius 1 is 0.316 bits per heavy atom. The molecule has 0 saturated heterocycles. The standard InChI is InChI=1S/C75H133NO3/c1-3-5-7-9-11-13-15-17-19-21-23-25-27-29-31-32-33-34-35-36-37-38-39-40-41-42-43-44-45-47-49-51-53-55-57-59-61-63-65-67-69-71-75(79)76-73(72-77)74(78)70-68-66-64-62-60-58-56-54-52-50-48-46-30-28-26-24-22-20-18-16-14-12-10-8-6-4-2/h5,7,11,13,17,19,23,25,29,31,33-34,36-37,60,62,68,70,73-74,77-78H,3-4,6,8-10,12,14-16,18,20-22,24,26-28,30,32,35,38-59,61,63-67,69,71-72H2,1-2H3,(H,76,79)/b7-5-,13-11-,19-17-,25-23-,31-29-,34-33-,37-36-,62-60+,70-68+. The zero-order valence-corrected chi connectivity index (χ0v) is 52.6. The maximum atomic E-state index is 12.5. The van der Waals surface area contributed by atoms with E-state index in [-0.39, 0.29) is 12.5 Å². The molecule has 1 amide bonds. The Kier molecular flexibility index (Phi) is 66.7. The number of nitrogens with one attached hydrogen (secondary N) is 1. The van der Waals surface area contributed by atoms with Gasteiger partial charge in [-0.1, -0.05) is 354 Å². The molecule has 2 unspecified atom stereocenters. The Bertz CT molecular complexity index is 1480. The van der Waals surface area contributed by atoms with E-state index in [9.17, 15) is 15.0 Å². The highest BCUT2D eigenvalue weighted by Crippen LogP contribution is 2.18. The van der Waals surface area contributed by atoms with Gasteiger partial charge >= 0.3 is 0 Å². The number of amides is 1. The van der Waals surface area contributed by atoms with Gasteiger partial charge in [0.15, 0.2) is 0 Å². The SMILES string of the molecule is CC/C=C\C/C=C\C/C=C\C/C=C\C/C=C\C/C=C\C/C=C\CCCCCCCCCCCCCCCCCCCCCC(=O)NC(CO)C(O)/C=C/CC/C=C/CCCCCCCCCCCCCCCCCCCCCC. The minimum Gasteiger partial charge on any atom is -0.394 e. The van der Waals surface area contributed by atoms with Gasteiger partial charge in [0.25, 0.3) is 0 Å². The van der Waals surface area contributed by atoms with Crippen LogP contribution in [0.5, 0.6) is 0 Å². The molecule has 0 radical (unpaired) electrons. The van der Waals surface area contributed by atoms with Crippen molar-refractivity contribution in [1.82, 2.24) is 5.32 Å². The fraction of sp³-hybridized carbons (Fsp3) is 0.747. The van der Waals surface area contributed by atoms with Crippen molar-refractivity contribution >= 4 is 5.91 Å². The zero-order valence-electron chi connectivity index (χ0n) is 52.6. The first-order valence-electron chi connectivity index (χ1n) is 34.6. The van der Waals surface area contributed by atoms with Gasteiger partial charge in [0.1, 0.15) is 0 Å². The third kappa shape index (κ3) is 65.7. The molecule has 0 saturated carbocycles. The molecule has 0 heterocycles. The summed E-state index contributed by atoms with van der Waals surface area (Å²) in [7, 11) is 0. The van der Waals surface area contributed by atoms with E-state index in [2.05, 4.69) is 116 Å². The minimum absolute atomic E-state index is 0.0711. The normalized spacial score (nSPS) is 13.4. The van der Waals surface area contributed by atoms with Crippen molar-refractivity contribution < 1.29 is 15.0 Å². The van der Waals surface area contributed by atoms with Gasteiger partial charge in [-0.05, 0) is 89.9 Å². The first kappa shape index (κ1) is 76.0. The molecule has 79 heavy (non-hydrogen) atoms. The third-order valence-electron chi connectivity index (χ3n) is 15.5. The Morgan fingerprint density at radius 3 is 0.886 bits per heavy atom. The summed E-state index contributed by atoms with van der Waals surface area (Å²) < 4.78 is 0. The second-order valence-electron chi connectivity index (χ2n) is 23.2. The van der Waals surface area contributed by atoms with E-state index in [4.69, 9.17) is 0 Å². The van der Waals surface area contributed by atoms with Crippen molar-refractivity contribution in [3.05, 3.63) is 109 Å². The van der Waals surface area contributed by atoms with Gasteiger partial charge in [-0.3, -0.25) is 4.79 Å². The Hall–Kier alpha value is -2.95. The second-order valence-corrected chi connectivity index (χ2v) is 23.2. The molecular formula is C75H133NO3. The van der Waals surface area contributed by atoms with E-state index in [1.54, 1.807) is 6.08 Å². The molecule has 3 N–H and O–H groups in total. The summed E-state index contributed by atoms with van der Waals surface area (Å²) in [6, 6.07) is -0.644. The van der Waals surface area contributed by atoms with Crippen LogP contribution in [0.1, 0.15) is 341 Å². The quantitative estimate of drug-likeness (QED) is 0.0420. The van der Waals surface area contributed by atoms with Crippen LogP contribution in [0, 0.1) is 0 Å². The van der Waals surface area contributed by atoms with E-state index in [1.807, 2.05) is 6.08 Å². The van der Waals surface area contributed by atoms with Crippen LogP contribution in [-0.4, -0.2) is 34.9 Å². The van der Waals surface area contributed by atoms with Gasteiger partial charge in [0.2, 0.25) is 5.91 Å². The summed E-state index contributed by atoms with van der Waals surface area (Å²) in [5.41, 5.74) is 0. The van der Waals surface area contributed by atoms with Gasteiger partial charge in [0, 0.05) is 6.42 Å². The molecule has 0 bridgehead atoms. The lowest BCUT2D eigenvalue weighted by Gasteiger charge is -2.19. The molecule has 0 rings (SSSR count). The Labute approximate surface area is 493 Å². The molecule has 0 aromatic rings. The van der Waals surface area contributed by atoms with Gasteiger partial charge in [-0.25, -0.2) is 0 Å². The van der Waals surface area contributed by atoms with Crippen LogP contribution in [0.3, 0.4) is 0 Å². The van der Waals surface area contributed by atoms with Crippen LogP contribution >= 0.6 is 0 Å². The van der Waals surface area contributed by atoms with Gasteiger partial charge < -0.3 is 15.5 Å². The molecule has 0 aromatic heterocycles. The molecule has 456 valence electrons. The lowest BCUT2D eigenvalue weighted by atomic mass is 10.0. The monoisotopic (exact) mass is 1100 g/mol. The summed E-state index contributed by atoms with van der Waals surface area (Å²) in [6.07, 6.45) is 105. The molecule has 0 aliphatic heterocycles. The molecule has 0 fully saturated rings. The molecular weight excluding hydrogens is 963 g/mol. The van der Waals surface area contributed by atoms with Crippen LogP contribution in [0.25, 0.3) is 0 Å². The van der Waals surface area contributed by atoms with Crippen LogP contribution in [0.4, 0.5) is 0 Å². The smallest absolute Gasteiger partial charge is 0.220 e. The van der Waals surface area contributed by atoms with Crippen molar-refractivity contribution in [2.45, 2.75) is 353 Å². The van der Waals surface area contributed by atoms with Crippen LogP contribution in [0.15, 0.2) is 109 Å². The predicted molar refractivity (Wildman–Crippen MR) is 354 cm³/mol. The van der Waals surface area contributed by atoms with E-state index in [0.717, 1.165) is 77.0 Å². The first-order chi connectivity index (χ1) is 39.2. The number of aliphatic hydroxyl groups is 2. The number of hydrogen-bond donors (Lipinski definition) is 3. The summed E-state index contributed by atoms with van der Waals surface area (Å²) in [5, 5.41) is 23.3. The average Bonchev–Trinajstić information content (AvgIpc) is 3.45. The fourth-order valence-electron chi connectivity index (χ4n) is 10.3. The van der Waals surface area contributed by atoms with Gasteiger partial charge in [-0.2, -0.15) is 0 Å². The summed E-state index contributed by atoms with van der Waals surface area (Å²) in [4.78, 5) is 12.5. The molecule has 4 heteroatoms. The molecule has 4 nitrogen and oxygen atoms in total. The highest BCUT2D eigenvalue weighted by atomic mass is 16.3. The average molecular weight is 1100 g/mol. The van der Waals surface area contributed by atoms with Gasteiger partial charge in [-0.15, -0.1) is 0 Å². The number of allylic oxidation sites excluding steroid dienone is 17. The van der Waals surface area contributed by atoms with Gasteiger partial charge in [0.05, 0.1) is 18.8 Å². The molecule has 0 aromatic carbocycles. The lowest BCUT2D eigenvalue weighted by molar-refractivity contribution is -0.123. The van der Waals surface area contributed by atoms with Crippen LogP contribution in [0.2, 0.25) is 0 Å². The summed E-state index contributed by atoms with van der Waals surface area (Å²) >= 11 is 0. The summed E-state index contributed by atoms with van der Waals surface area (Å²) in [6.45, 7) is 4.21. The highest BCUT2D eigenvalue weighted by molar-refractivity contribution is 5.76. The lowest BCUT2D eigenvalue weighted by Crippen LogP contribution is -2.45.